The minimum absolute atomic E-state index is 0.0414. The first-order valence-corrected chi connectivity index (χ1v) is 9.13. The predicted octanol–water partition coefficient (Wildman–Crippen LogP) is 3.39. The molecule has 23 heavy (non-hydrogen) atoms. The molecule has 0 spiro atoms. The van der Waals surface area contributed by atoms with Gasteiger partial charge in [0.25, 0.3) is 11.8 Å². The Bertz CT molecular complexity index is 743. The van der Waals surface area contributed by atoms with Crippen molar-refractivity contribution in [1.82, 2.24) is 0 Å². The highest BCUT2D eigenvalue weighted by Crippen LogP contribution is 2.44. The molecule has 8 heteroatoms. The van der Waals surface area contributed by atoms with Crippen molar-refractivity contribution >= 4 is 9.84 Å². The van der Waals surface area contributed by atoms with Crippen LogP contribution >= 0.6 is 0 Å². The Balaban J connectivity index is 1.96. The number of sulfone groups is 1. The fourth-order valence-electron chi connectivity index (χ4n) is 3.26. The van der Waals surface area contributed by atoms with E-state index >= 15 is 0 Å². The quantitative estimate of drug-likeness (QED) is 0.783. The van der Waals surface area contributed by atoms with Gasteiger partial charge in [0.2, 0.25) is 0 Å². The molecule has 2 aliphatic carbocycles. The van der Waals surface area contributed by atoms with Crippen LogP contribution in [0.3, 0.4) is 0 Å². The Morgan fingerprint density at radius 3 is 2.30 bits per heavy atom. The second-order valence-electron chi connectivity index (χ2n) is 6.34. The van der Waals surface area contributed by atoms with Crippen LogP contribution in [0.4, 0.5) is 17.6 Å². The van der Waals surface area contributed by atoms with E-state index < -0.39 is 47.0 Å². The first-order valence-electron chi connectivity index (χ1n) is 7.24. The minimum atomic E-state index is -3.65. The van der Waals surface area contributed by atoms with Crippen molar-refractivity contribution < 1.29 is 30.7 Å². The summed E-state index contributed by atoms with van der Waals surface area (Å²) in [6.07, 6.45) is -1.70. The summed E-state index contributed by atoms with van der Waals surface area (Å²) in [6.45, 7) is 0. The highest BCUT2D eigenvalue weighted by atomic mass is 32.2. The zero-order valence-electron chi connectivity index (χ0n) is 12.4. The van der Waals surface area contributed by atoms with Crippen LogP contribution in [-0.4, -0.2) is 32.6 Å². The lowest BCUT2D eigenvalue weighted by atomic mass is 10.1. The van der Waals surface area contributed by atoms with Gasteiger partial charge in [-0.25, -0.2) is 26.0 Å². The topological polar surface area (TPSA) is 43.4 Å². The smallest absolute Gasteiger partial charge is 0.256 e. The maximum atomic E-state index is 13.8. The van der Waals surface area contributed by atoms with Crippen molar-refractivity contribution in [3.63, 3.8) is 0 Å². The van der Waals surface area contributed by atoms with Crippen molar-refractivity contribution in [1.29, 1.82) is 0 Å². The predicted molar refractivity (Wildman–Crippen MR) is 75.1 cm³/mol. The second-order valence-corrected chi connectivity index (χ2v) is 8.32. The Hall–Kier alpha value is -1.31. The maximum Gasteiger partial charge on any atom is 0.256 e. The summed E-state index contributed by atoms with van der Waals surface area (Å²) >= 11 is 0. The summed E-state index contributed by atoms with van der Waals surface area (Å²) in [5.41, 5.74) is 0.160. The zero-order chi connectivity index (χ0) is 17.0. The van der Waals surface area contributed by atoms with Crippen LogP contribution in [0.2, 0.25) is 0 Å². The van der Waals surface area contributed by atoms with Crippen LogP contribution in [0.15, 0.2) is 17.0 Å². The third kappa shape index (κ3) is 3.32. The highest BCUT2D eigenvalue weighted by Gasteiger charge is 2.44. The third-order valence-electron chi connectivity index (χ3n) is 4.27. The fourth-order valence-corrected chi connectivity index (χ4v) is 4.22. The molecule has 0 amide bonds. The molecule has 1 aromatic rings. The lowest BCUT2D eigenvalue weighted by Crippen LogP contribution is -2.18. The number of halogens is 4. The average molecular weight is 352 g/mol. The van der Waals surface area contributed by atoms with Gasteiger partial charge in [-0.1, -0.05) is 0 Å². The van der Waals surface area contributed by atoms with E-state index in [0.717, 1.165) is 6.26 Å². The lowest BCUT2D eigenvalue weighted by Gasteiger charge is -2.17. The molecule has 0 saturated heterocycles. The molecule has 1 atom stereocenters. The van der Waals surface area contributed by atoms with Crippen LogP contribution in [0.1, 0.15) is 30.4 Å². The lowest BCUT2D eigenvalue weighted by molar-refractivity contribution is -0.00180. The van der Waals surface area contributed by atoms with Gasteiger partial charge in [0, 0.05) is 37.5 Å². The van der Waals surface area contributed by atoms with Crippen molar-refractivity contribution in [2.24, 2.45) is 0 Å². The molecule has 0 heterocycles. The molecule has 0 bridgehead atoms. The number of hydrogen-bond acceptors (Lipinski definition) is 3. The molecule has 128 valence electrons. The fraction of sp³-hybridized carbons (Fsp3) is 0.600. The first kappa shape index (κ1) is 16.5. The number of fused-ring (bicyclic) bond motifs is 1. The highest BCUT2D eigenvalue weighted by molar-refractivity contribution is 7.90. The van der Waals surface area contributed by atoms with E-state index in [9.17, 15) is 26.0 Å². The van der Waals surface area contributed by atoms with Gasteiger partial charge in [-0.2, -0.15) is 0 Å². The van der Waals surface area contributed by atoms with Gasteiger partial charge in [-0.3, -0.25) is 0 Å². The number of alkyl halides is 4. The first-order chi connectivity index (χ1) is 10.5. The molecule has 3 rings (SSSR count). The van der Waals surface area contributed by atoms with Crippen LogP contribution in [-0.2, 0) is 22.7 Å². The normalized spacial score (nSPS) is 25.3. The van der Waals surface area contributed by atoms with Gasteiger partial charge >= 0.3 is 0 Å². The molecule has 1 fully saturated rings. The third-order valence-corrected chi connectivity index (χ3v) is 5.45. The van der Waals surface area contributed by atoms with Gasteiger partial charge in [-0.05, 0) is 24.1 Å². The average Bonchev–Trinajstić information content (AvgIpc) is 2.86. The summed E-state index contributed by atoms with van der Waals surface area (Å²) in [7, 11) is -3.65. The van der Waals surface area contributed by atoms with E-state index in [1.807, 2.05) is 0 Å². The molecule has 3 nitrogen and oxygen atoms in total. The van der Waals surface area contributed by atoms with E-state index in [0.29, 0.717) is 0 Å². The van der Waals surface area contributed by atoms with Gasteiger partial charge in [-0.15, -0.1) is 0 Å². The number of hydrogen-bond donors (Lipinski definition) is 0. The molecule has 0 radical (unpaired) electrons. The van der Waals surface area contributed by atoms with E-state index in [4.69, 9.17) is 4.74 Å². The van der Waals surface area contributed by atoms with Crippen LogP contribution in [0.5, 0.6) is 5.75 Å². The minimum Gasteiger partial charge on any atom is -0.490 e. The van der Waals surface area contributed by atoms with Crippen LogP contribution < -0.4 is 4.74 Å². The summed E-state index contributed by atoms with van der Waals surface area (Å²) < 4.78 is 83.0. The Morgan fingerprint density at radius 2 is 1.74 bits per heavy atom. The van der Waals surface area contributed by atoms with Gasteiger partial charge in [0.15, 0.2) is 9.84 Å². The maximum absolute atomic E-state index is 13.8. The Kier molecular flexibility index (Phi) is 3.66. The van der Waals surface area contributed by atoms with Crippen molar-refractivity contribution in [2.45, 2.75) is 54.9 Å². The Labute approximate surface area is 131 Å². The van der Waals surface area contributed by atoms with E-state index in [1.165, 1.54) is 12.1 Å². The summed E-state index contributed by atoms with van der Waals surface area (Å²) in [5, 5.41) is 0. The van der Waals surface area contributed by atoms with E-state index in [2.05, 4.69) is 0 Å². The molecule has 0 aliphatic heterocycles. The molecule has 0 N–H and O–H groups in total. The summed E-state index contributed by atoms with van der Waals surface area (Å²) in [5.74, 6) is -5.77. The molecular formula is C15H16F4O3S. The molecule has 1 aromatic carbocycles. The Morgan fingerprint density at radius 1 is 1.09 bits per heavy atom. The molecule has 0 aromatic heterocycles. The largest absolute Gasteiger partial charge is 0.490 e. The van der Waals surface area contributed by atoms with Crippen molar-refractivity contribution in [3.05, 3.63) is 23.3 Å². The van der Waals surface area contributed by atoms with E-state index in [-0.39, 0.29) is 34.6 Å². The number of ether oxygens (including phenoxy) is 1. The molecule has 1 unspecified atom stereocenters. The number of benzene rings is 1. The zero-order valence-corrected chi connectivity index (χ0v) is 13.2. The molecule has 1 saturated carbocycles. The standard InChI is InChI=1S/C15H16F4O3S/c1-23(20,21)13-3-2-12(10-7-15(18,19)8-11(10)13)22-9-4-5-14(16,17)6-9/h2-3,9H,4-8H2,1H3. The van der Waals surface area contributed by atoms with Gasteiger partial charge in [0.1, 0.15) is 11.9 Å². The molecule has 2 aliphatic rings. The van der Waals surface area contributed by atoms with Gasteiger partial charge in [0.05, 0.1) is 4.90 Å². The second kappa shape index (κ2) is 5.09. The summed E-state index contributed by atoms with van der Waals surface area (Å²) in [4.78, 5) is -0.145. The molecular weight excluding hydrogens is 336 g/mol. The number of rotatable bonds is 3. The van der Waals surface area contributed by atoms with Crippen LogP contribution in [0, 0.1) is 0 Å². The van der Waals surface area contributed by atoms with Gasteiger partial charge < -0.3 is 4.74 Å². The van der Waals surface area contributed by atoms with E-state index in [1.54, 1.807) is 0 Å². The van der Waals surface area contributed by atoms with Crippen molar-refractivity contribution in [3.8, 4) is 5.75 Å². The monoisotopic (exact) mass is 352 g/mol. The summed E-state index contributed by atoms with van der Waals surface area (Å²) in [6, 6.07) is 2.52. The van der Waals surface area contributed by atoms with Crippen LogP contribution in [0.25, 0.3) is 0 Å². The SMILES string of the molecule is CS(=O)(=O)c1ccc(OC2CCC(F)(F)C2)c2c1CC(F)(F)C2. The van der Waals surface area contributed by atoms with Crippen molar-refractivity contribution in [2.75, 3.05) is 6.26 Å².